The number of hydrogen-bond donors (Lipinski definition) is 1. The smallest absolute Gasteiger partial charge is 0.333 e. The van der Waals surface area contributed by atoms with Crippen molar-refractivity contribution >= 4 is 5.97 Å². The van der Waals surface area contributed by atoms with Crippen molar-refractivity contribution in [3.8, 4) is 0 Å². The molecule has 0 heterocycles. The van der Waals surface area contributed by atoms with E-state index in [-0.39, 0.29) is 12.1 Å². The summed E-state index contributed by atoms with van der Waals surface area (Å²) >= 11 is 0. The Hall–Kier alpha value is -0.830. The first-order valence-corrected chi connectivity index (χ1v) is 2.51. The Bertz CT molecular complexity index is 110. The van der Waals surface area contributed by atoms with Crippen molar-refractivity contribution in [3.05, 3.63) is 12.2 Å². The molecule has 3 nitrogen and oxygen atoms in total. The second kappa shape index (κ2) is 5.31. The normalized spacial score (nSPS) is 7.33. The molecule has 0 aromatic carbocycles. The van der Waals surface area contributed by atoms with Gasteiger partial charge in [-0.25, -0.2) is 4.79 Å². The molecule has 9 heavy (non-hydrogen) atoms. The van der Waals surface area contributed by atoms with Gasteiger partial charge in [-0.1, -0.05) is 6.58 Å². The van der Waals surface area contributed by atoms with Gasteiger partial charge in [-0.2, -0.15) is 0 Å². The summed E-state index contributed by atoms with van der Waals surface area (Å²) in [5.74, 6) is -0.312. The van der Waals surface area contributed by atoms with Crippen LogP contribution in [0.1, 0.15) is 13.8 Å². The van der Waals surface area contributed by atoms with Crippen molar-refractivity contribution in [3.63, 3.8) is 0 Å². The van der Waals surface area contributed by atoms with E-state index in [0.717, 1.165) is 0 Å². The first-order valence-electron chi connectivity index (χ1n) is 2.51. The summed E-state index contributed by atoms with van der Waals surface area (Å²) in [6.45, 7) is 7.21. The second-order valence-electron chi connectivity index (χ2n) is 1.50. The van der Waals surface area contributed by atoms with Crippen LogP contribution in [0.4, 0.5) is 0 Å². The molecule has 0 aliphatic heterocycles. The summed E-state index contributed by atoms with van der Waals surface area (Å²) in [6, 6.07) is 0. The average Bonchev–Trinajstić information content (AvgIpc) is 1.67. The molecule has 54 valence electrons. The second-order valence-corrected chi connectivity index (χ2v) is 1.50. The fourth-order valence-electron chi connectivity index (χ4n) is 0.254. The van der Waals surface area contributed by atoms with Crippen LogP contribution in [-0.4, -0.2) is 12.6 Å². The predicted molar refractivity (Wildman–Crippen MR) is 37.4 cm³/mol. The predicted octanol–water partition coefficient (Wildman–Crippen LogP) is 1.50. The highest BCUT2D eigenvalue weighted by Crippen LogP contribution is 1.89. The van der Waals surface area contributed by atoms with E-state index in [9.17, 15) is 4.79 Å². The van der Waals surface area contributed by atoms with Gasteiger partial charge in [0.2, 0.25) is 0 Å². The molecule has 0 fully saturated rings. The highest BCUT2D eigenvalue weighted by molar-refractivity contribution is 5.86. The van der Waals surface area contributed by atoms with Gasteiger partial charge in [0.05, 0.1) is 6.61 Å². The largest absolute Gasteiger partial charge is 0.463 e. The molecular formula is C6H14NO2+. The first kappa shape index (κ1) is 11.0. The molecule has 0 spiro atoms. The van der Waals surface area contributed by atoms with Crippen molar-refractivity contribution in [1.82, 2.24) is 6.15 Å². The zero-order valence-corrected chi connectivity index (χ0v) is 6.23. The highest BCUT2D eigenvalue weighted by atomic mass is 16.5. The van der Waals surface area contributed by atoms with Gasteiger partial charge < -0.3 is 10.9 Å². The van der Waals surface area contributed by atoms with Crippen LogP contribution in [0.25, 0.3) is 0 Å². The van der Waals surface area contributed by atoms with Crippen LogP contribution in [0.2, 0.25) is 0 Å². The number of carbonyl (C=O) groups excluding carboxylic acids is 1. The van der Waals surface area contributed by atoms with Crippen molar-refractivity contribution in [1.29, 1.82) is 0 Å². The van der Waals surface area contributed by atoms with Gasteiger partial charge >= 0.3 is 5.97 Å². The van der Waals surface area contributed by atoms with Crippen LogP contribution in [0.5, 0.6) is 0 Å². The minimum Gasteiger partial charge on any atom is -0.463 e. The molecule has 0 aliphatic carbocycles. The average molecular weight is 132 g/mol. The molecule has 3 heteroatoms. The number of rotatable bonds is 2. The Morgan fingerprint density at radius 1 is 1.67 bits per heavy atom. The van der Waals surface area contributed by atoms with E-state index in [4.69, 9.17) is 0 Å². The van der Waals surface area contributed by atoms with Crippen molar-refractivity contribution in [2.75, 3.05) is 6.61 Å². The van der Waals surface area contributed by atoms with E-state index in [2.05, 4.69) is 11.3 Å². The van der Waals surface area contributed by atoms with E-state index >= 15 is 0 Å². The van der Waals surface area contributed by atoms with E-state index in [0.29, 0.717) is 12.2 Å². The Kier molecular flexibility index (Phi) is 6.51. The number of carbonyl (C=O) groups is 1. The lowest BCUT2D eigenvalue weighted by Crippen LogP contribution is -2.03. The summed E-state index contributed by atoms with van der Waals surface area (Å²) in [7, 11) is 0. The van der Waals surface area contributed by atoms with Crippen LogP contribution in [-0.2, 0) is 9.53 Å². The monoisotopic (exact) mass is 132 g/mol. The van der Waals surface area contributed by atoms with Crippen molar-refractivity contribution in [2.45, 2.75) is 13.8 Å². The molecule has 0 rings (SSSR count). The van der Waals surface area contributed by atoms with Crippen LogP contribution in [0, 0.1) is 0 Å². The van der Waals surface area contributed by atoms with Crippen LogP contribution >= 0.6 is 0 Å². The molecule has 0 radical (unpaired) electrons. The Labute approximate surface area is 55.3 Å². The van der Waals surface area contributed by atoms with Crippen molar-refractivity contribution < 1.29 is 9.53 Å². The molecule has 0 saturated heterocycles. The molecular weight excluding hydrogens is 118 g/mol. The zero-order valence-electron chi connectivity index (χ0n) is 6.23. The van der Waals surface area contributed by atoms with E-state index in [1.807, 2.05) is 0 Å². The highest BCUT2D eigenvalue weighted by Gasteiger charge is 1.98. The van der Waals surface area contributed by atoms with Gasteiger partial charge in [0.15, 0.2) is 0 Å². The number of ether oxygens (including phenoxy) is 1. The first-order chi connectivity index (χ1) is 3.68. The lowest BCUT2D eigenvalue weighted by molar-refractivity contribution is -0.138. The standard InChI is InChI=1S/C6H10O2.H3N/c1-4-8-6(7)5(2)3;/h2,4H2,1,3H3;1H3/p+1. The fourth-order valence-corrected chi connectivity index (χ4v) is 0.254. The van der Waals surface area contributed by atoms with Gasteiger partial charge in [0.25, 0.3) is 0 Å². The minimum absolute atomic E-state index is 0. The van der Waals surface area contributed by atoms with Gasteiger partial charge in [-0.3, -0.25) is 0 Å². The molecule has 0 bridgehead atoms. The van der Waals surface area contributed by atoms with E-state index in [1.165, 1.54) is 0 Å². The number of hydrogen-bond acceptors (Lipinski definition) is 2. The quantitative estimate of drug-likeness (QED) is 0.457. The Morgan fingerprint density at radius 2 is 2.11 bits per heavy atom. The number of quaternary nitrogens is 1. The van der Waals surface area contributed by atoms with Crippen LogP contribution < -0.4 is 6.15 Å². The molecule has 0 unspecified atom stereocenters. The van der Waals surface area contributed by atoms with Gasteiger partial charge in [0.1, 0.15) is 0 Å². The molecule has 0 amide bonds. The lowest BCUT2D eigenvalue weighted by Gasteiger charge is -1.96. The maximum Gasteiger partial charge on any atom is 0.333 e. The van der Waals surface area contributed by atoms with Crippen molar-refractivity contribution in [2.24, 2.45) is 0 Å². The zero-order chi connectivity index (χ0) is 6.57. The van der Waals surface area contributed by atoms with Gasteiger partial charge in [-0.05, 0) is 13.8 Å². The molecule has 0 aliphatic rings. The van der Waals surface area contributed by atoms with Crippen LogP contribution in [0.3, 0.4) is 0 Å². The fraction of sp³-hybridized carbons (Fsp3) is 0.500. The SMILES string of the molecule is C=C(C)C(=O)OCC.[NH4+]. The maximum absolute atomic E-state index is 10.4. The lowest BCUT2D eigenvalue weighted by atomic mass is 10.4. The maximum atomic E-state index is 10.4. The summed E-state index contributed by atoms with van der Waals surface area (Å²) in [5, 5.41) is 0. The summed E-state index contributed by atoms with van der Waals surface area (Å²) in [5.41, 5.74) is 0.451. The molecule has 0 aromatic heterocycles. The Morgan fingerprint density at radius 3 is 2.22 bits per heavy atom. The summed E-state index contributed by atoms with van der Waals surface area (Å²) < 4.78 is 4.56. The third-order valence-electron chi connectivity index (χ3n) is 0.624. The van der Waals surface area contributed by atoms with Crippen LogP contribution in [0.15, 0.2) is 12.2 Å². The Balaban J connectivity index is 0. The topological polar surface area (TPSA) is 62.8 Å². The number of esters is 1. The van der Waals surface area contributed by atoms with E-state index in [1.54, 1.807) is 13.8 Å². The minimum atomic E-state index is -0.312. The molecule has 0 aromatic rings. The van der Waals surface area contributed by atoms with Gasteiger partial charge in [0, 0.05) is 5.57 Å². The summed E-state index contributed by atoms with van der Waals surface area (Å²) in [4.78, 5) is 10.4. The summed E-state index contributed by atoms with van der Waals surface area (Å²) in [6.07, 6.45) is 0. The molecule has 0 saturated carbocycles. The molecule has 4 N–H and O–H groups in total. The van der Waals surface area contributed by atoms with Gasteiger partial charge in [-0.15, -0.1) is 0 Å². The third-order valence-corrected chi connectivity index (χ3v) is 0.624. The molecule has 0 atom stereocenters. The van der Waals surface area contributed by atoms with E-state index < -0.39 is 0 Å². The third kappa shape index (κ3) is 5.03.